The Hall–Kier alpha value is -5.14. The van der Waals surface area contributed by atoms with Gasteiger partial charge in [0.05, 0.1) is 11.0 Å². The summed E-state index contributed by atoms with van der Waals surface area (Å²) in [5, 5.41) is 2.46. The van der Waals surface area contributed by atoms with Gasteiger partial charge in [-0.15, -0.1) is 0 Å². The summed E-state index contributed by atoms with van der Waals surface area (Å²) in [5.41, 5.74) is 6.93. The van der Waals surface area contributed by atoms with E-state index in [-0.39, 0.29) is 56.5 Å². The zero-order valence-corrected chi connectivity index (χ0v) is 26.9. The van der Waals surface area contributed by atoms with Gasteiger partial charge in [0.25, 0.3) is 0 Å². The van der Waals surface area contributed by atoms with Crippen molar-refractivity contribution in [3.05, 3.63) is 144 Å². The molecule has 0 saturated heterocycles. The van der Waals surface area contributed by atoms with Crippen molar-refractivity contribution in [2.75, 3.05) is 0 Å². The van der Waals surface area contributed by atoms with Crippen LogP contribution < -0.4 is 0 Å². The Bertz CT molecular complexity index is 2880. The molecule has 0 aliphatic heterocycles. The van der Waals surface area contributed by atoms with E-state index in [4.69, 9.17) is 9.90 Å². The second-order valence-corrected chi connectivity index (χ2v) is 14.1. The van der Waals surface area contributed by atoms with Crippen LogP contribution in [0, 0.1) is 0 Å². The summed E-state index contributed by atoms with van der Waals surface area (Å²) in [6.07, 6.45) is 1.90. The van der Waals surface area contributed by atoms with E-state index in [1.54, 1.807) is 6.07 Å². The molecule has 0 N–H and O–H groups in total. The van der Waals surface area contributed by atoms with Gasteiger partial charge in [0.15, 0.2) is 0 Å². The zero-order valence-electron chi connectivity index (χ0n) is 34.9. The second-order valence-electron chi connectivity index (χ2n) is 14.1. The van der Waals surface area contributed by atoms with E-state index in [2.05, 4.69) is 33.8 Å². The molecule has 47 heavy (non-hydrogen) atoms. The van der Waals surface area contributed by atoms with Gasteiger partial charge in [-0.05, 0) is 108 Å². The maximum absolute atomic E-state index is 9.59. The predicted molar refractivity (Wildman–Crippen MR) is 200 cm³/mol. The minimum atomic E-state index is -0.420. The average Bonchev–Trinajstić information content (AvgIpc) is 3.56. The molecule has 0 unspecified atom stereocenters. The minimum Gasteiger partial charge on any atom is -0.456 e. The van der Waals surface area contributed by atoms with Gasteiger partial charge in [0.1, 0.15) is 11.2 Å². The molecule has 1 heterocycles. The van der Waals surface area contributed by atoms with Crippen molar-refractivity contribution in [1.82, 2.24) is 0 Å². The van der Waals surface area contributed by atoms with Crippen LogP contribution >= 0.6 is 0 Å². The molecule has 1 nitrogen and oxygen atoms in total. The van der Waals surface area contributed by atoms with E-state index in [0.29, 0.717) is 33.4 Å². The zero-order chi connectivity index (χ0) is 38.9. The lowest BCUT2D eigenvalue weighted by molar-refractivity contribution is 0.333. The lowest BCUT2D eigenvalue weighted by atomic mass is 9.60. The molecule has 0 fully saturated rings. The molecule has 1 aliphatic carbocycles. The molecular weight excluding hydrogens is 569 g/mol. The second kappa shape index (κ2) is 10.2. The van der Waals surface area contributed by atoms with E-state index in [9.17, 15) is 5.48 Å². The van der Waals surface area contributed by atoms with Crippen LogP contribution in [-0.4, -0.2) is 0 Å². The quantitative estimate of drug-likeness (QED) is 0.180. The monoisotopic (exact) mass is 614 g/mol. The number of rotatable bonds is 3. The molecule has 8 aromatic rings. The largest absolute Gasteiger partial charge is 0.456 e. The van der Waals surface area contributed by atoms with E-state index >= 15 is 0 Å². The molecule has 1 heteroatoms. The van der Waals surface area contributed by atoms with Gasteiger partial charge in [0, 0.05) is 10.8 Å². The highest BCUT2D eigenvalue weighted by molar-refractivity contribution is 6.23. The fourth-order valence-electron chi connectivity index (χ4n) is 7.93. The van der Waals surface area contributed by atoms with E-state index in [1.807, 2.05) is 72.8 Å². The summed E-state index contributed by atoms with van der Waals surface area (Å²) < 4.78 is 80.2. The lowest BCUT2D eigenvalue weighted by Gasteiger charge is -2.44. The fraction of sp³-hybridized carbons (Fsp3) is 0.174. The van der Waals surface area contributed by atoms with Crippen LogP contribution in [0.4, 0.5) is 0 Å². The highest BCUT2D eigenvalue weighted by Crippen LogP contribution is 2.54. The van der Waals surface area contributed by atoms with Crippen LogP contribution in [0.1, 0.15) is 62.6 Å². The van der Waals surface area contributed by atoms with E-state index < -0.39 is 24.2 Å². The maximum Gasteiger partial charge on any atom is 0.135 e. The fourth-order valence-corrected chi connectivity index (χ4v) is 7.93. The van der Waals surface area contributed by atoms with Crippen molar-refractivity contribution in [2.24, 2.45) is 0 Å². The maximum atomic E-state index is 9.59. The van der Waals surface area contributed by atoms with Gasteiger partial charge in [0.2, 0.25) is 0 Å². The molecule has 1 aliphatic rings. The predicted octanol–water partition coefficient (Wildman–Crippen LogP) is 13.2. The highest BCUT2D eigenvalue weighted by atomic mass is 16.3. The summed E-state index contributed by atoms with van der Waals surface area (Å²) >= 11 is 0. The smallest absolute Gasteiger partial charge is 0.135 e. The summed E-state index contributed by atoms with van der Waals surface area (Å²) in [6.45, 7) is 8.99. The minimum absolute atomic E-state index is 0.149. The molecule has 9 rings (SSSR count). The van der Waals surface area contributed by atoms with E-state index in [1.165, 1.54) is 5.56 Å². The van der Waals surface area contributed by atoms with Crippen LogP contribution in [0.3, 0.4) is 0 Å². The molecular formula is C46H38O. The van der Waals surface area contributed by atoms with Gasteiger partial charge in [-0.1, -0.05) is 143 Å². The number of fused-ring (bicyclic) bond motifs is 6. The van der Waals surface area contributed by atoms with Crippen LogP contribution in [0.15, 0.2) is 138 Å². The number of furan rings is 1. The highest BCUT2D eigenvalue weighted by Gasteiger charge is 2.40. The van der Waals surface area contributed by atoms with Crippen molar-refractivity contribution in [1.29, 1.82) is 0 Å². The molecule has 7 aromatic carbocycles. The third-order valence-corrected chi connectivity index (χ3v) is 10.4. The topological polar surface area (TPSA) is 13.1 Å². The number of benzene rings is 7. The molecule has 0 amide bonds. The van der Waals surface area contributed by atoms with Crippen molar-refractivity contribution in [2.45, 2.75) is 51.4 Å². The molecule has 228 valence electrons. The first-order chi connectivity index (χ1) is 26.1. The Kier molecular flexibility index (Phi) is 4.52. The molecule has 0 bridgehead atoms. The Morgan fingerprint density at radius 3 is 1.81 bits per heavy atom. The first-order valence-electron chi connectivity index (χ1n) is 20.3. The first kappa shape index (κ1) is 20.9. The molecule has 0 saturated carbocycles. The number of para-hydroxylation sites is 1. The molecule has 0 atom stereocenters. The Labute approximate surface area is 287 Å². The van der Waals surface area contributed by atoms with Crippen molar-refractivity contribution in [3.8, 4) is 33.4 Å². The number of hydrogen-bond acceptors (Lipinski definition) is 1. The van der Waals surface area contributed by atoms with Crippen molar-refractivity contribution >= 4 is 43.5 Å². The first-order valence-corrected chi connectivity index (χ1v) is 16.3. The third-order valence-electron chi connectivity index (χ3n) is 10.4. The van der Waals surface area contributed by atoms with Gasteiger partial charge in [-0.2, -0.15) is 0 Å². The molecule has 0 radical (unpaired) electrons. The number of hydrogen-bond donors (Lipinski definition) is 0. The summed E-state index contributed by atoms with van der Waals surface area (Å²) in [4.78, 5) is 0. The Morgan fingerprint density at radius 2 is 1.11 bits per heavy atom. The SMILES string of the molecule is [2H]c1c([2H])c([2H])c2c(-c3ccc4c(c3-c3ccccc3)C(C)(C)CCC4(C)C)c3c([2H])c([2H])c([2H])c([2H])c3c(-c3ccc4oc5ccccc5c4c3)c2c1[2H]. The van der Waals surface area contributed by atoms with Crippen LogP contribution in [0.5, 0.6) is 0 Å². The van der Waals surface area contributed by atoms with Crippen LogP contribution in [0.25, 0.3) is 76.9 Å². The van der Waals surface area contributed by atoms with Crippen molar-refractivity contribution in [3.63, 3.8) is 0 Å². The van der Waals surface area contributed by atoms with Crippen LogP contribution in [-0.2, 0) is 10.8 Å². The molecule has 0 spiro atoms. The van der Waals surface area contributed by atoms with Crippen LogP contribution in [0.2, 0.25) is 0 Å². The van der Waals surface area contributed by atoms with Gasteiger partial charge in [-0.25, -0.2) is 0 Å². The Morgan fingerprint density at radius 1 is 0.511 bits per heavy atom. The lowest BCUT2D eigenvalue weighted by Crippen LogP contribution is -2.34. The third kappa shape index (κ3) is 4.22. The average molecular weight is 615 g/mol. The van der Waals surface area contributed by atoms with Crippen molar-refractivity contribution < 1.29 is 15.4 Å². The van der Waals surface area contributed by atoms with Gasteiger partial charge < -0.3 is 4.42 Å². The Balaban J connectivity index is 1.57. The standard InChI is InChI=1S/C46H38O/c1-45(2)26-27-46(3,4)44-38(45)24-23-36(42(44)29-14-6-5-7-15-29)43-34-19-10-8-17-32(34)41(33-18-9-11-20-35(33)43)30-22-25-40-37(28-30)31-16-12-13-21-39(31)47-40/h5-25,28H,26-27H2,1-4H3/i8D,9D,10D,11D,17D,18D,19D,20D. The normalized spacial score (nSPS) is 17.8. The molecule has 1 aromatic heterocycles. The summed E-state index contributed by atoms with van der Waals surface area (Å²) in [5.74, 6) is 0. The van der Waals surface area contributed by atoms with E-state index in [0.717, 1.165) is 40.3 Å². The van der Waals surface area contributed by atoms with Gasteiger partial charge in [-0.3, -0.25) is 0 Å². The van der Waals surface area contributed by atoms with Gasteiger partial charge >= 0.3 is 0 Å². The summed E-state index contributed by atoms with van der Waals surface area (Å²) in [7, 11) is 0. The summed E-state index contributed by atoms with van der Waals surface area (Å²) in [6, 6.07) is 24.5.